The molecule has 3 rings (SSSR count). The largest absolute Gasteiger partial charge is 0.361 e. The van der Waals surface area contributed by atoms with E-state index in [1.807, 2.05) is 30.0 Å². The summed E-state index contributed by atoms with van der Waals surface area (Å²) in [4.78, 5) is 14.6. The molecule has 1 heterocycles. The van der Waals surface area contributed by atoms with E-state index >= 15 is 0 Å². The SMILES string of the molecule is CCc1noc(CC)c1CNC(=O)N(Cc1ccccc1)C1CC1. The highest BCUT2D eigenvalue weighted by molar-refractivity contribution is 5.75. The minimum Gasteiger partial charge on any atom is -0.361 e. The number of hydrogen-bond donors (Lipinski definition) is 1. The smallest absolute Gasteiger partial charge is 0.318 e. The van der Waals surface area contributed by atoms with Gasteiger partial charge >= 0.3 is 6.03 Å². The highest BCUT2D eigenvalue weighted by atomic mass is 16.5. The topological polar surface area (TPSA) is 58.4 Å². The van der Waals surface area contributed by atoms with Crippen LogP contribution >= 0.6 is 0 Å². The lowest BCUT2D eigenvalue weighted by Gasteiger charge is -2.23. The number of aromatic nitrogens is 1. The van der Waals surface area contributed by atoms with Crippen LogP contribution in [0.5, 0.6) is 0 Å². The minimum atomic E-state index is -0.00772. The molecule has 0 atom stereocenters. The van der Waals surface area contributed by atoms with E-state index in [0.29, 0.717) is 19.1 Å². The Morgan fingerprint density at radius 3 is 2.62 bits per heavy atom. The lowest BCUT2D eigenvalue weighted by atomic mass is 10.1. The average molecular weight is 327 g/mol. The van der Waals surface area contributed by atoms with E-state index in [9.17, 15) is 4.79 Å². The van der Waals surface area contributed by atoms with Crippen LogP contribution in [0.2, 0.25) is 0 Å². The van der Waals surface area contributed by atoms with E-state index in [-0.39, 0.29) is 6.03 Å². The van der Waals surface area contributed by atoms with Crippen LogP contribution in [-0.4, -0.2) is 22.1 Å². The predicted molar refractivity (Wildman–Crippen MR) is 92.5 cm³/mol. The Morgan fingerprint density at radius 2 is 2.00 bits per heavy atom. The van der Waals surface area contributed by atoms with Gasteiger partial charge in [0.2, 0.25) is 0 Å². The van der Waals surface area contributed by atoms with Crippen molar-refractivity contribution >= 4 is 6.03 Å². The van der Waals surface area contributed by atoms with E-state index in [1.165, 1.54) is 0 Å². The molecule has 0 spiro atoms. The molecule has 5 heteroatoms. The van der Waals surface area contributed by atoms with Crippen LogP contribution in [0.3, 0.4) is 0 Å². The van der Waals surface area contributed by atoms with E-state index in [0.717, 1.165) is 48.3 Å². The number of hydrogen-bond acceptors (Lipinski definition) is 3. The summed E-state index contributed by atoms with van der Waals surface area (Å²) in [5, 5.41) is 7.17. The van der Waals surface area contributed by atoms with Crippen LogP contribution in [0, 0.1) is 0 Å². The first-order valence-electron chi connectivity index (χ1n) is 8.77. The summed E-state index contributed by atoms with van der Waals surface area (Å²) >= 11 is 0. The second-order valence-corrected chi connectivity index (χ2v) is 6.24. The quantitative estimate of drug-likeness (QED) is 0.844. The number of urea groups is 1. The molecule has 5 nitrogen and oxygen atoms in total. The number of benzene rings is 1. The van der Waals surface area contributed by atoms with Crippen molar-refractivity contribution in [1.29, 1.82) is 0 Å². The van der Waals surface area contributed by atoms with Crippen LogP contribution in [-0.2, 0) is 25.9 Å². The maximum absolute atomic E-state index is 12.7. The molecule has 1 aromatic heterocycles. The number of nitrogens with one attached hydrogen (secondary N) is 1. The second kappa shape index (κ2) is 7.51. The lowest BCUT2D eigenvalue weighted by molar-refractivity contribution is 0.191. The van der Waals surface area contributed by atoms with Gasteiger partial charge in [-0.15, -0.1) is 0 Å². The second-order valence-electron chi connectivity index (χ2n) is 6.24. The van der Waals surface area contributed by atoms with Crippen LogP contribution in [0.1, 0.15) is 49.3 Å². The molecule has 0 radical (unpaired) electrons. The standard InChI is InChI=1S/C19H25N3O2/c1-3-17-16(18(4-2)24-21-17)12-20-19(23)22(15-10-11-15)13-14-8-6-5-7-9-14/h5-9,15H,3-4,10-13H2,1-2H3,(H,20,23). The van der Waals surface area contributed by atoms with Gasteiger partial charge in [0.25, 0.3) is 0 Å². The third-order valence-electron chi connectivity index (χ3n) is 4.47. The van der Waals surface area contributed by atoms with Crippen LogP contribution < -0.4 is 5.32 Å². The van der Waals surface area contributed by atoms with Crippen molar-refractivity contribution in [2.75, 3.05) is 0 Å². The summed E-state index contributed by atoms with van der Waals surface area (Å²) in [6.07, 6.45) is 3.78. The number of carbonyl (C=O) groups excluding carboxylic acids is 1. The van der Waals surface area contributed by atoms with Gasteiger partial charge in [-0.25, -0.2) is 4.79 Å². The Bertz CT molecular complexity index is 656. The van der Waals surface area contributed by atoms with Gasteiger partial charge in [0, 0.05) is 31.1 Å². The number of nitrogens with zero attached hydrogens (tertiary/aromatic N) is 2. The molecule has 2 amide bonds. The molecule has 1 saturated carbocycles. The molecule has 0 unspecified atom stereocenters. The number of rotatable bonds is 7. The molecule has 1 aliphatic rings. The number of amides is 2. The molecular formula is C19H25N3O2. The average Bonchev–Trinajstić information content (AvgIpc) is 3.38. The molecule has 1 aliphatic carbocycles. The van der Waals surface area contributed by atoms with E-state index in [4.69, 9.17) is 4.52 Å². The van der Waals surface area contributed by atoms with Gasteiger partial charge in [0.15, 0.2) is 0 Å². The van der Waals surface area contributed by atoms with Gasteiger partial charge in [-0.3, -0.25) is 0 Å². The Kier molecular flexibility index (Phi) is 5.18. The lowest BCUT2D eigenvalue weighted by Crippen LogP contribution is -2.40. The molecule has 1 aromatic carbocycles. The van der Waals surface area contributed by atoms with Gasteiger partial charge in [-0.05, 0) is 24.8 Å². The molecule has 0 aliphatic heterocycles. The van der Waals surface area contributed by atoms with Crippen LogP contribution in [0.25, 0.3) is 0 Å². The summed E-state index contributed by atoms with van der Waals surface area (Å²) < 4.78 is 5.37. The van der Waals surface area contributed by atoms with Crippen LogP contribution in [0.15, 0.2) is 34.9 Å². The first-order chi connectivity index (χ1) is 11.7. The molecule has 2 aromatic rings. The summed E-state index contributed by atoms with van der Waals surface area (Å²) in [6, 6.07) is 10.5. The molecule has 24 heavy (non-hydrogen) atoms. The third kappa shape index (κ3) is 3.78. The summed E-state index contributed by atoms with van der Waals surface area (Å²) in [5.74, 6) is 0.869. The van der Waals surface area contributed by atoms with Crippen molar-refractivity contribution in [1.82, 2.24) is 15.4 Å². The van der Waals surface area contributed by atoms with Crippen molar-refractivity contribution < 1.29 is 9.32 Å². The number of aryl methyl sites for hydroxylation is 2. The molecule has 0 saturated heterocycles. The van der Waals surface area contributed by atoms with Crippen molar-refractivity contribution in [3.8, 4) is 0 Å². The molecule has 1 N–H and O–H groups in total. The van der Waals surface area contributed by atoms with Crippen LogP contribution in [0.4, 0.5) is 4.79 Å². The van der Waals surface area contributed by atoms with Crippen molar-refractivity contribution in [2.45, 2.75) is 58.7 Å². The van der Waals surface area contributed by atoms with Gasteiger partial charge in [0.05, 0.1) is 5.69 Å². The minimum absolute atomic E-state index is 0.00772. The van der Waals surface area contributed by atoms with Crippen molar-refractivity contribution in [2.24, 2.45) is 0 Å². The predicted octanol–water partition coefficient (Wildman–Crippen LogP) is 3.67. The van der Waals surface area contributed by atoms with Gasteiger partial charge in [-0.1, -0.05) is 49.3 Å². The first-order valence-corrected chi connectivity index (χ1v) is 8.77. The van der Waals surface area contributed by atoms with Crippen molar-refractivity contribution in [3.05, 3.63) is 52.9 Å². The Labute approximate surface area is 143 Å². The zero-order valence-electron chi connectivity index (χ0n) is 14.4. The third-order valence-corrected chi connectivity index (χ3v) is 4.47. The van der Waals surface area contributed by atoms with Crippen molar-refractivity contribution in [3.63, 3.8) is 0 Å². The fourth-order valence-corrected chi connectivity index (χ4v) is 2.94. The maximum Gasteiger partial charge on any atom is 0.318 e. The van der Waals surface area contributed by atoms with E-state index < -0.39 is 0 Å². The molecular weight excluding hydrogens is 302 g/mol. The van der Waals surface area contributed by atoms with Gasteiger partial charge in [0.1, 0.15) is 5.76 Å². The molecule has 0 bridgehead atoms. The van der Waals surface area contributed by atoms with E-state index in [2.05, 4.69) is 29.5 Å². The number of carbonyl (C=O) groups is 1. The fourth-order valence-electron chi connectivity index (χ4n) is 2.94. The summed E-state index contributed by atoms with van der Waals surface area (Å²) in [7, 11) is 0. The summed E-state index contributed by atoms with van der Waals surface area (Å²) in [6.45, 7) is 5.22. The summed E-state index contributed by atoms with van der Waals surface area (Å²) in [5.41, 5.74) is 3.13. The highest BCUT2D eigenvalue weighted by Crippen LogP contribution is 2.28. The van der Waals surface area contributed by atoms with E-state index in [1.54, 1.807) is 0 Å². The highest BCUT2D eigenvalue weighted by Gasteiger charge is 2.32. The zero-order chi connectivity index (χ0) is 16.9. The Hall–Kier alpha value is -2.30. The Balaban J connectivity index is 1.65. The normalized spacial score (nSPS) is 13.8. The first kappa shape index (κ1) is 16.6. The van der Waals surface area contributed by atoms with Gasteiger partial charge < -0.3 is 14.7 Å². The van der Waals surface area contributed by atoms with Gasteiger partial charge in [-0.2, -0.15) is 0 Å². The zero-order valence-corrected chi connectivity index (χ0v) is 14.4. The molecule has 1 fully saturated rings. The fraction of sp³-hybridized carbons (Fsp3) is 0.474. The maximum atomic E-state index is 12.7. The monoisotopic (exact) mass is 327 g/mol. The molecule has 128 valence electrons. The Morgan fingerprint density at radius 1 is 1.25 bits per heavy atom.